The van der Waals surface area contributed by atoms with Crippen molar-refractivity contribution in [3.63, 3.8) is 0 Å². The number of benzene rings is 1. The Morgan fingerprint density at radius 3 is 2.71 bits per heavy atom. The van der Waals surface area contributed by atoms with Crippen molar-refractivity contribution < 1.29 is 18.0 Å². The number of nitriles is 1. The van der Waals surface area contributed by atoms with Crippen molar-refractivity contribution >= 4 is 5.91 Å². The third-order valence-corrected chi connectivity index (χ3v) is 9.73. The van der Waals surface area contributed by atoms with Gasteiger partial charge in [-0.25, -0.2) is 0 Å². The molecule has 2 aliphatic heterocycles. The number of nitrogens with zero attached hydrogens (tertiary/aromatic N) is 4. The molecule has 0 bridgehead atoms. The molecule has 0 spiro atoms. The smallest absolute Gasteiger partial charge is 0.337 e. The van der Waals surface area contributed by atoms with Gasteiger partial charge in [-0.2, -0.15) is 18.4 Å². The summed E-state index contributed by atoms with van der Waals surface area (Å²) in [6.45, 7) is 2.73. The highest BCUT2D eigenvalue weighted by atomic mass is 19.4. The van der Waals surface area contributed by atoms with Crippen LogP contribution in [0.3, 0.4) is 0 Å². The van der Waals surface area contributed by atoms with E-state index in [-0.39, 0.29) is 17.9 Å². The Morgan fingerprint density at radius 2 is 1.95 bits per heavy atom. The number of carbonyl (C=O) groups is 1. The number of hydrogen-bond acceptors (Lipinski definition) is 4. The van der Waals surface area contributed by atoms with Crippen molar-refractivity contribution in [1.82, 2.24) is 14.8 Å². The molecule has 6 rings (SSSR count). The van der Waals surface area contributed by atoms with Crippen LogP contribution in [0.5, 0.6) is 0 Å². The van der Waals surface area contributed by atoms with Gasteiger partial charge in [0, 0.05) is 37.4 Å². The monoisotopic (exact) mass is 522 g/mol. The fourth-order valence-corrected chi connectivity index (χ4v) is 7.77. The van der Waals surface area contributed by atoms with Crippen LogP contribution in [0, 0.1) is 22.7 Å². The fourth-order valence-electron chi connectivity index (χ4n) is 7.77. The van der Waals surface area contributed by atoms with Gasteiger partial charge < -0.3 is 9.80 Å². The minimum atomic E-state index is -4.44. The molecule has 0 radical (unpaired) electrons. The van der Waals surface area contributed by atoms with Crippen LogP contribution < -0.4 is 0 Å². The van der Waals surface area contributed by atoms with Crippen LogP contribution in [-0.4, -0.2) is 46.4 Å². The average Bonchev–Trinajstić information content (AvgIpc) is 3.50. The maximum atomic E-state index is 14.1. The lowest BCUT2D eigenvalue weighted by atomic mass is 9.78. The highest BCUT2D eigenvalue weighted by Gasteiger charge is 2.57. The van der Waals surface area contributed by atoms with Crippen molar-refractivity contribution in [2.24, 2.45) is 11.3 Å². The van der Waals surface area contributed by atoms with Gasteiger partial charge in [0.15, 0.2) is 0 Å². The van der Waals surface area contributed by atoms with Gasteiger partial charge >= 0.3 is 6.18 Å². The van der Waals surface area contributed by atoms with Gasteiger partial charge in [-0.15, -0.1) is 0 Å². The van der Waals surface area contributed by atoms with E-state index < -0.39 is 11.7 Å². The molecule has 0 N–H and O–H groups in total. The number of alkyl halides is 3. The number of likely N-dealkylation sites (tertiary alicyclic amines) is 1. The van der Waals surface area contributed by atoms with E-state index in [0.717, 1.165) is 64.2 Å². The number of amides is 1. The van der Waals surface area contributed by atoms with Gasteiger partial charge in [-0.05, 0) is 92.8 Å². The fraction of sp³-hybridized carbons (Fsp3) is 0.567. The maximum absolute atomic E-state index is 14.1. The number of rotatable bonds is 3. The molecule has 4 aliphatic rings. The van der Waals surface area contributed by atoms with E-state index in [1.807, 2.05) is 23.1 Å². The minimum absolute atomic E-state index is 0.147. The first-order valence-electron chi connectivity index (χ1n) is 13.9. The summed E-state index contributed by atoms with van der Waals surface area (Å²) >= 11 is 0. The van der Waals surface area contributed by atoms with Crippen LogP contribution in [0.2, 0.25) is 0 Å². The summed E-state index contributed by atoms with van der Waals surface area (Å²) in [5, 5.41) is 9.24. The Bertz CT molecular complexity index is 1260. The van der Waals surface area contributed by atoms with Crippen LogP contribution in [-0.2, 0) is 23.9 Å². The molecular weight excluding hydrogens is 489 g/mol. The van der Waals surface area contributed by atoms with Crippen molar-refractivity contribution in [3.05, 3.63) is 64.5 Å². The second-order valence-corrected chi connectivity index (χ2v) is 11.7. The van der Waals surface area contributed by atoms with E-state index in [9.17, 15) is 23.2 Å². The second-order valence-electron chi connectivity index (χ2n) is 11.7. The van der Waals surface area contributed by atoms with E-state index >= 15 is 0 Å². The molecule has 38 heavy (non-hydrogen) atoms. The predicted octanol–water partition coefficient (Wildman–Crippen LogP) is 5.69. The summed E-state index contributed by atoms with van der Waals surface area (Å²) in [5.41, 5.74) is 2.03. The molecule has 1 aromatic heterocycles. The summed E-state index contributed by atoms with van der Waals surface area (Å²) in [7, 11) is 0. The number of aromatic nitrogens is 1. The lowest BCUT2D eigenvalue weighted by Crippen LogP contribution is -2.47. The maximum Gasteiger partial charge on any atom is 0.417 e. The molecule has 3 heterocycles. The third kappa shape index (κ3) is 4.49. The Balaban J connectivity index is 1.13. The molecule has 3 atom stereocenters. The molecule has 5 nitrogen and oxygen atoms in total. The van der Waals surface area contributed by atoms with E-state index in [4.69, 9.17) is 0 Å². The van der Waals surface area contributed by atoms with E-state index in [0.29, 0.717) is 47.7 Å². The van der Waals surface area contributed by atoms with Crippen molar-refractivity contribution in [2.45, 2.75) is 76.0 Å². The molecule has 200 valence electrons. The van der Waals surface area contributed by atoms with Crippen LogP contribution in [0.15, 0.2) is 36.5 Å². The molecule has 8 heteroatoms. The highest BCUT2D eigenvalue weighted by Crippen LogP contribution is 2.57. The Morgan fingerprint density at radius 1 is 1.13 bits per heavy atom. The van der Waals surface area contributed by atoms with Gasteiger partial charge in [-0.1, -0.05) is 18.6 Å². The third-order valence-electron chi connectivity index (χ3n) is 9.73. The van der Waals surface area contributed by atoms with E-state index in [1.54, 1.807) is 0 Å². The normalized spacial score (nSPS) is 28.1. The first-order valence-corrected chi connectivity index (χ1v) is 13.9. The summed E-state index contributed by atoms with van der Waals surface area (Å²) < 4.78 is 39.8. The SMILES string of the molecule is N#Cc1cccc(C2CCN([C@@H]3C[C@H]4CCC[C@@]4(C(=O)N4CCc5ncc(C(F)(F)F)cc5C4)C3)CC2)c1. The molecule has 2 aromatic rings. The topological polar surface area (TPSA) is 60.2 Å². The largest absolute Gasteiger partial charge is 0.417 e. The van der Waals surface area contributed by atoms with Crippen molar-refractivity contribution in [1.29, 1.82) is 5.26 Å². The summed E-state index contributed by atoms with van der Waals surface area (Å²) in [6, 6.07) is 11.7. The number of piperidine rings is 1. The standard InChI is InChI=1S/C30H33F3N4O/c31-30(32,33)25-14-23-19-37(12-8-27(23)35-18-25)28(38)29-9-2-5-24(29)15-26(16-29)36-10-6-21(7-11-36)22-4-1-3-20(13-22)17-34/h1,3-4,13-14,18,21,24,26H,2,5-12,15-16,19H2/t24-,26-,29-/m1/s1. The van der Waals surface area contributed by atoms with E-state index in [2.05, 4.69) is 22.0 Å². The average molecular weight is 523 g/mol. The van der Waals surface area contributed by atoms with Gasteiger partial charge in [0.1, 0.15) is 0 Å². The molecule has 1 amide bonds. The van der Waals surface area contributed by atoms with Gasteiger partial charge in [0.25, 0.3) is 0 Å². The van der Waals surface area contributed by atoms with Crippen LogP contribution in [0.4, 0.5) is 13.2 Å². The number of hydrogen-bond donors (Lipinski definition) is 0. The first-order chi connectivity index (χ1) is 18.3. The van der Waals surface area contributed by atoms with Gasteiger partial charge in [0.05, 0.1) is 22.6 Å². The summed E-state index contributed by atoms with van der Waals surface area (Å²) in [5.74, 6) is 0.958. The lowest BCUT2D eigenvalue weighted by molar-refractivity contribution is -0.144. The Labute approximate surface area is 221 Å². The van der Waals surface area contributed by atoms with Crippen molar-refractivity contribution in [2.75, 3.05) is 19.6 Å². The first kappa shape index (κ1) is 25.4. The second kappa shape index (κ2) is 9.68. The molecule has 2 aliphatic carbocycles. The zero-order valence-electron chi connectivity index (χ0n) is 21.5. The summed E-state index contributed by atoms with van der Waals surface area (Å²) in [6.07, 6.45) is 3.96. The molecule has 1 aromatic carbocycles. The van der Waals surface area contributed by atoms with Crippen molar-refractivity contribution in [3.8, 4) is 6.07 Å². The van der Waals surface area contributed by atoms with Gasteiger partial charge in [0.2, 0.25) is 5.91 Å². The zero-order chi connectivity index (χ0) is 26.5. The number of fused-ring (bicyclic) bond motifs is 2. The number of pyridine rings is 1. The van der Waals surface area contributed by atoms with Crippen LogP contribution in [0.1, 0.15) is 78.8 Å². The molecule has 2 saturated carbocycles. The quantitative estimate of drug-likeness (QED) is 0.520. The molecular formula is C30H33F3N4O. The van der Waals surface area contributed by atoms with Crippen LogP contribution >= 0.6 is 0 Å². The molecule has 1 saturated heterocycles. The summed E-state index contributed by atoms with van der Waals surface area (Å²) in [4.78, 5) is 22.5. The molecule has 3 fully saturated rings. The number of halogens is 3. The van der Waals surface area contributed by atoms with E-state index in [1.165, 1.54) is 11.6 Å². The van der Waals surface area contributed by atoms with Crippen LogP contribution in [0.25, 0.3) is 0 Å². The predicted molar refractivity (Wildman–Crippen MR) is 136 cm³/mol. The molecule has 0 unspecified atom stereocenters. The Kier molecular flexibility index (Phi) is 6.46. The Hall–Kier alpha value is -2.92. The lowest BCUT2D eigenvalue weighted by Gasteiger charge is -2.39. The minimum Gasteiger partial charge on any atom is -0.337 e. The number of carbonyl (C=O) groups excluding carboxylic acids is 1. The highest BCUT2D eigenvalue weighted by molar-refractivity contribution is 5.84. The zero-order valence-corrected chi connectivity index (χ0v) is 21.5. The van der Waals surface area contributed by atoms with Gasteiger partial charge in [-0.3, -0.25) is 9.78 Å².